The number of amides is 2. The lowest BCUT2D eigenvalue weighted by molar-refractivity contribution is -0.141. The molecule has 154 valence electrons. The Bertz CT molecular complexity index is 669. The number of rotatable bonds is 4. The fourth-order valence-electron chi connectivity index (χ4n) is 4.25. The van der Waals surface area contributed by atoms with Crippen molar-refractivity contribution >= 4 is 12.0 Å². The molecule has 0 bridgehead atoms. The number of benzene rings is 1. The quantitative estimate of drug-likeness (QED) is 0.776. The molecule has 1 heterocycles. The molecular weight excluding hydrogens is 352 g/mol. The summed E-state index contributed by atoms with van der Waals surface area (Å²) in [6, 6.07) is 10.5. The van der Waals surface area contributed by atoms with Crippen molar-refractivity contribution < 1.29 is 14.3 Å². The summed E-state index contributed by atoms with van der Waals surface area (Å²) in [6.07, 6.45) is 3.59. The summed E-state index contributed by atoms with van der Waals surface area (Å²) in [6.45, 7) is 8.05. The highest BCUT2D eigenvalue weighted by atomic mass is 16.6. The Morgan fingerprint density at radius 3 is 2.25 bits per heavy atom. The second-order valence-corrected chi connectivity index (χ2v) is 9.43. The predicted octanol–water partition coefficient (Wildman–Crippen LogP) is 4.29. The van der Waals surface area contributed by atoms with Gasteiger partial charge in [0.1, 0.15) is 5.60 Å². The number of carbonyl (C=O) groups excluding carboxylic acids is 2. The van der Waals surface area contributed by atoms with E-state index in [-0.39, 0.29) is 12.0 Å². The van der Waals surface area contributed by atoms with Crippen molar-refractivity contribution in [3.63, 3.8) is 0 Å². The minimum Gasteiger partial charge on any atom is -0.444 e. The highest BCUT2D eigenvalue weighted by molar-refractivity contribution is 5.80. The first-order valence-corrected chi connectivity index (χ1v) is 10.5. The Morgan fingerprint density at radius 2 is 1.68 bits per heavy atom. The van der Waals surface area contributed by atoms with Crippen LogP contribution in [0.3, 0.4) is 0 Å². The summed E-state index contributed by atoms with van der Waals surface area (Å²) in [5.74, 6) is 1.42. The maximum Gasteiger partial charge on any atom is 0.410 e. The highest BCUT2D eigenvalue weighted by Crippen LogP contribution is 2.34. The van der Waals surface area contributed by atoms with E-state index < -0.39 is 5.60 Å². The minimum absolute atomic E-state index is 0.153. The topological polar surface area (TPSA) is 49.9 Å². The predicted molar refractivity (Wildman–Crippen MR) is 110 cm³/mol. The summed E-state index contributed by atoms with van der Waals surface area (Å²) in [4.78, 5) is 28.6. The van der Waals surface area contributed by atoms with Crippen LogP contribution in [0.5, 0.6) is 0 Å². The van der Waals surface area contributed by atoms with Crippen LogP contribution in [0.4, 0.5) is 4.79 Å². The van der Waals surface area contributed by atoms with E-state index >= 15 is 0 Å². The average Bonchev–Trinajstić information content (AvgIpc) is 2.60. The number of carbonyl (C=O) groups is 2. The Hall–Kier alpha value is -2.04. The van der Waals surface area contributed by atoms with E-state index in [1.54, 1.807) is 11.9 Å². The molecule has 1 aliphatic heterocycles. The number of nitrogens with zero attached hydrogens (tertiary/aromatic N) is 2. The molecule has 0 aromatic heterocycles. The minimum atomic E-state index is -0.468. The molecule has 1 aromatic rings. The van der Waals surface area contributed by atoms with E-state index in [4.69, 9.17) is 4.74 Å². The molecule has 28 heavy (non-hydrogen) atoms. The monoisotopic (exact) mass is 386 g/mol. The van der Waals surface area contributed by atoms with Gasteiger partial charge >= 0.3 is 6.09 Å². The van der Waals surface area contributed by atoms with Crippen molar-refractivity contribution in [2.75, 3.05) is 26.7 Å². The van der Waals surface area contributed by atoms with Crippen LogP contribution < -0.4 is 0 Å². The number of hydrogen-bond donors (Lipinski definition) is 0. The lowest BCUT2D eigenvalue weighted by Gasteiger charge is -2.42. The standard InChI is InChI=1S/C23H34N2O3/c1-23(2,3)28-22(27)24(4)14-17-10-12-19(13-11-17)21(26)25-15-20(16-25)18-8-6-5-7-9-18/h5-9,17,19-20H,10-16H2,1-4H3. The first-order valence-electron chi connectivity index (χ1n) is 10.5. The van der Waals surface area contributed by atoms with E-state index in [1.165, 1.54) is 5.56 Å². The van der Waals surface area contributed by atoms with Gasteiger partial charge in [0.25, 0.3) is 0 Å². The van der Waals surface area contributed by atoms with E-state index in [9.17, 15) is 9.59 Å². The van der Waals surface area contributed by atoms with Crippen molar-refractivity contribution in [1.82, 2.24) is 9.80 Å². The molecular formula is C23H34N2O3. The van der Waals surface area contributed by atoms with Gasteiger partial charge in [0, 0.05) is 38.5 Å². The van der Waals surface area contributed by atoms with Crippen LogP contribution in [0.2, 0.25) is 0 Å². The van der Waals surface area contributed by atoms with Gasteiger partial charge in [0.2, 0.25) is 5.91 Å². The van der Waals surface area contributed by atoms with Crippen molar-refractivity contribution in [2.24, 2.45) is 11.8 Å². The molecule has 5 nitrogen and oxygen atoms in total. The number of hydrogen-bond acceptors (Lipinski definition) is 3. The summed E-state index contributed by atoms with van der Waals surface area (Å²) in [5.41, 5.74) is 0.866. The zero-order chi connectivity index (χ0) is 20.3. The molecule has 1 aromatic carbocycles. The summed E-state index contributed by atoms with van der Waals surface area (Å²) < 4.78 is 5.43. The second kappa shape index (κ2) is 8.54. The van der Waals surface area contributed by atoms with Crippen LogP contribution in [-0.4, -0.2) is 54.1 Å². The SMILES string of the molecule is CN(CC1CCC(C(=O)N2CC(c3ccccc3)C2)CC1)C(=O)OC(C)(C)C. The van der Waals surface area contributed by atoms with E-state index in [0.717, 1.165) is 38.8 Å². The molecule has 2 fully saturated rings. The molecule has 0 unspecified atom stereocenters. The van der Waals surface area contributed by atoms with Crippen LogP contribution in [0.15, 0.2) is 30.3 Å². The fourth-order valence-corrected chi connectivity index (χ4v) is 4.25. The van der Waals surface area contributed by atoms with Crippen LogP contribution in [0.1, 0.15) is 57.9 Å². The molecule has 1 saturated heterocycles. The van der Waals surface area contributed by atoms with Gasteiger partial charge in [-0.2, -0.15) is 0 Å². The second-order valence-electron chi connectivity index (χ2n) is 9.43. The zero-order valence-corrected chi connectivity index (χ0v) is 17.7. The van der Waals surface area contributed by atoms with Crippen molar-refractivity contribution in [1.29, 1.82) is 0 Å². The lowest BCUT2D eigenvalue weighted by atomic mass is 9.80. The highest BCUT2D eigenvalue weighted by Gasteiger charge is 2.37. The molecule has 0 atom stereocenters. The Labute approximate surface area is 169 Å². The van der Waals surface area contributed by atoms with Gasteiger partial charge in [-0.15, -0.1) is 0 Å². The maximum atomic E-state index is 12.8. The first kappa shape index (κ1) is 20.7. The Morgan fingerprint density at radius 1 is 1.07 bits per heavy atom. The Kier molecular flexibility index (Phi) is 6.31. The van der Waals surface area contributed by atoms with E-state index in [2.05, 4.69) is 24.3 Å². The van der Waals surface area contributed by atoms with Crippen LogP contribution in [-0.2, 0) is 9.53 Å². The molecule has 0 radical (unpaired) electrons. The third-order valence-corrected chi connectivity index (χ3v) is 5.90. The van der Waals surface area contributed by atoms with Gasteiger partial charge in [-0.3, -0.25) is 4.79 Å². The number of ether oxygens (including phenoxy) is 1. The molecule has 2 amide bonds. The molecule has 0 spiro atoms. The van der Waals surface area contributed by atoms with Gasteiger partial charge in [0.05, 0.1) is 0 Å². The van der Waals surface area contributed by atoms with Crippen molar-refractivity contribution in [2.45, 2.75) is 58.0 Å². The third-order valence-electron chi connectivity index (χ3n) is 5.90. The largest absolute Gasteiger partial charge is 0.444 e. The lowest BCUT2D eigenvalue weighted by Crippen LogP contribution is -2.51. The summed E-state index contributed by atoms with van der Waals surface area (Å²) >= 11 is 0. The van der Waals surface area contributed by atoms with Crippen molar-refractivity contribution in [3.05, 3.63) is 35.9 Å². The summed E-state index contributed by atoms with van der Waals surface area (Å²) in [7, 11) is 1.80. The number of likely N-dealkylation sites (tertiary alicyclic amines) is 1. The van der Waals surface area contributed by atoms with Gasteiger partial charge in [0.15, 0.2) is 0 Å². The van der Waals surface area contributed by atoms with E-state index in [1.807, 2.05) is 31.7 Å². The van der Waals surface area contributed by atoms with E-state index in [0.29, 0.717) is 24.3 Å². The van der Waals surface area contributed by atoms with Gasteiger partial charge < -0.3 is 14.5 Å². The van der Waals surface area contributed by atoms with Crippen molar-refractivity contribution in [3.8, 4) is 0 Å². The molecule has 2 aliphatic rings. The Balaban J connectivity index is 1.39. The maximum absolute atomic E-state index is 12.8. The van der Waals surface area contributed by atoms with Crippen LogP contribution in [0.25, 0.3) is 0 Å². The smallest absolute Gasteiger partial charge is 0.410 e. The zero-order valence-electron chi connectivity index (χ0n) is 17.7. The van der Waals surface area contributed by atoms with Crippen LogP contribution in [0, 0.1) is 11.8 Å². The molecule has 1 aliphatic carbocycles. The average molecular weight is 387 g/mol. The van der Waals surface area contributed by atoms with Gasteiger partial charge in [-0.25, -0.2) is 4.79 Å². The normalized spacial score (nSPS) is 23.1. The van der Waals surface area contributed by atoms with Crippen LogP contribution >= 0.6 is 0 Å². The molecule has 3 rings (SSSR count). The molecule has 1 saturated carbocycles. The summed E-state index contributed by atoms with van der Waals surface area (Å²) in [5, 5.41) is 0. The van der Waals surface area contributed by atoms with Gasteiger partial charge in [-0.1, -0.05) is 30.3 Å². The third kappa shape index (κ3) is 5.27. The molecule has 0 N–H and O–H groups in total. The first-order chi connectivity index (χ1) is 13.2. The molecule has 5 heteroatoms. The van der Waals surface area contributed by atoms with Gasteiger partial charge in [-0.05, 0) is 57.9 Å². The fraction of sp³-hybridized carbons (Fsp3) is 0.652.